The normalized spacial score (nSPS) is 11.5. The zero-order valence-corrected chi connectivity index (χ0v) is 18.9. The number of nitrogens with zero attached hydrogens (tertiary/aromatic N) is 2. The summed E-state index contributed by atoms with van der Waals surface area (Å²) in [6, 6.07) is 11.4. The highest BCUT2D eigenvalue weighted by molar-refractivity contribution is 7.10. The predicted molar refractivity (Wildman–Crippen MR) is 124 cm³/mol. The van der Waals surface area contributed by atoms with Crippen molar-refractivity contribution in [3.05, 3.63) is 63.4 Å². The Morgan fingerprint density at radius 2 is 1.73 bits per heavy atom. The number of carbonyl (C=O) groups excluding carboxylic acids is 3. The van der Waals surface area contributed by atoms with E-state index >= 15 is 0 Å². The molecule has 0 bridgehead atoms. The van der Waals surface area contributed by atoms with Crippen molar-refractivity contribution >= 4 is 52.2 Å². The molecule has 1 atom stereocenters. The lowest BCUT2D eigenvalue weighted by molar-refractivity contribution is -0.119. The number of ether oxygens (including phenoxy) is 1. The number of carbonyl (C=O) groups is 3. The monoisotopic (exact) mass is 489 g/mol. The second kappa shape index (κ2) is 10.7. The standard InChI is InChI=1S/C20H20ClN7O4S/c1-32-10-15(26-20(31)25-13-4-2-11(21)3-5-13)17(30)24-12-6-8-14(9-7-12)28-19(23)33-18(27-28)16(22)29/h2-9,15,23H,10H2,1H3,(H2,22,29)(H,24,30)(H2,25,26,31). The zero-order chi connectivity index (χ0) is 24.0. The highest BCUT2D eigenvalue weighted by Crippen LogP contribution is 2.14. The van der Waals surface area contributed by atoms with Crippen molar-refractivity contribution < 1.29 is 19.1 Å². The second-order valence-corrected chi connectivity index (χ2v) is 8.05. The molecule has 0 saturated carbocycles. The molecule has 0 aliphatic rings. The number of primary amides is 1. The molecule has 172 valence electrons. The first-order valence-electron chi connectivity index (χ1n) is 9.44. The van der Waals surface area contributed by atoms with Gasteiger partial charge in [0.1, 0.15) is 6.04 Å². The van der Waals surface area contributed by atoms with Gasteiger partial charge in [-0.2, -0.15) is 0 Å². The maximum atomic E-state index is 12.7. The average Bonchev–Trinajstić information content (AvgIpc) is 3.17. The lowest BCUT2D eigenvalue weighted by atomic mass is 10.2. The van der Waals surface area contributed by atoms with Gasteiger partial charge in [-0.15, -0.1) is 5.10 Å². The van der Waals surface area contributed by atoms with Gasteiger partial charge in [-0.3, -0.25) is 15.0 Å². The molecule has 33 heavy (non-hydrogen) atoms. The van der Waals surface area contributed by atoms with Gasteiger partial charge in [0.05, 0.1) is 12.3 Å². The molecule has 1 aromatic heterocycles. The van der Waals surface area contributed by atoms with Crippen molar-refractivity contribution in [1.82, 2.24) is 15.1 Å². The number of hydrogen-bond donors (Lipinski definition) is 5. The third-order valence-electron chi connectivity index (χ3n) is 4.22. The summed E-state index contributed by atoms with van der Waals surface area (Å²) in [5.74, 6) is -1.21. The number of nitrogens with two attached hydrogens (primary N) is 1. The van der Waals surface area contributed by atoms with Crippen LogP contribution in [-0.4, -0.2) is 47.4 Å². The summed E-state index contributed by atoms with van der Waals surface area (Å²) >= 11 is 6.68. The fourth-order valence-corrected chi connectivity index (χ4v) is 3.45. The fraction of sp³-hybridized carbons (Fsp3) is 0.150. The minimum absolute atomic E-state index is 0.0164. The first kappa shape index (κ1) is 23.9. The third kappa shape index (κ3) is 6.38. The minimum atomic E-state index is -0.965. The van der Waals surface area contributed by atoms with E-state index in [1.165, 1.54) is 11.8 Å². The highest BCUT2D eigenvalue weighted by atomic mass is 35.5. The topological polar surface area (TPSA) is 164 Å². The van der Waals surface area contributed by atoms with Crippen LogP contribution in [0.4, 0.5) is 16.2 Å². The molecular weight excluding hydrogens is 470 g/mol. The van der Waals surface area contributed by atoms with Gasteiger partial charge in [-0.25, -0.2) is 9.48 Å². The van der Waals surface area contributed by atoms with Crippen molar-refractivity contribution in [2.75, 3.05) is 24.4 Å². The molecule has 0 spiro atoms. The van der Waals surface area contributed by atoms with Gasteiger partial charge in [-0.1, -0.05) is 22.9 Å². The number of benzene rings is 2. The van der Waals surface area contributed by atoms with E-state index < -0.39 is 23.9 Å². The lowest BCUT2D eigenvalue weighted by Crippen LogP contribution is -2.48. The number of anilines is 2. The summed E-state index contributed by atoms with van der Waals surface area (Å²) in [7, 11) is 1.41. The minimum Gasteiger partial charge on any atom is -0.382 e. The van der Waals surface area contributed by atoms with Gasteiger partial charge in [0.25, 0.3) is 5.91 Å². The van der Waals surface area contributed by atoms with Crippen LogP contribution in [-0.2, 0) is 9.53 Å². The molecule has 0 saturated heterocycles. The summed E-state index contributed by atoms with van der Waals surface area (Å²) in [5.41, 5.74) is 6.67. The molecule has 1 unspecified atom stereocenters. The average molecular weight is 490 g/mol. The van der Waals surface area contributed by atoms with Gasteiger partial charge in [0, 0.05) is 23.5 Å². The first-order valence-corrected chi connectivity index (χ1v) is 10.6. The van der Waals surface area contributed by atoms with Crippen molar-refractivity contribution in [2.45, 2.75) is 6.04 Å². The molecule has 0 aliphatic heterocycles. The van der Waals surface area contributed by atoms with E-state index in [0.29, 0.717) is 22.1 Å². The largest absolute Gasteiger partial charge is 0.382 e. The van der Waals surface area contributed by atoms with E-state index in [1.54, 1.807) is 48.5 Å². The van der Waals surface area contributed by atoms with E-state index in [0.717, 1.165) is 11.3 Å². The molecule has 3 rings (SSSR count). The van der Waals surface area contributed by atoms with Crippen LogP contribution in [0.25, 0.3) is 5.69 Å². The number of nitrogens with one attached hydrogen (secondary N) is 4. The number of methoxy groups -OCH3 is 1. The number of aromatic nitrogens is 2. The van der Waals surface area contributed by atoms with E-state index in [2.05, 4.69) is 21.0 Å². The van der Waals surface area contributed by atoms with Crippen LogP contribution < -0.4 is 26.5 Å². The van der Waals surface area contributed by atoms with Crippen LogP contribution in [0, 0.1) is 5.41 Å². The van der Waals surface area contributed by atoms with E-state index in [1.807, 2.05) is 0 Å². The Kier molecular flexibility index (Phi) is 7.77. The van der Waals surface area contributed by atoms with Gasteiger partial charge in [-0.05, 0) is 48.5 Å². The Morgan fingerprint density at radius 3 is 2.30 bits per heavy atom. The molecule has 3 aromatic rings. The summed E-state index contributed by atoms with van der Waals surface area (Å²) in [6.45, 7) is -0.0509. The predicted octanol–water partition coefficient (Wildman–Crippen LogP) is 1.94. The molecule has 0 aliphatic carbocycles. The Hall–Kier alpha value is -3.74. The maximum Gasteiger partial charge on any atom is 0.319 e. The number of hydrogen-bond acceptors (Lipinski definition) is 7. The number of halogens is 1. The molecule has 6 N–H and O–H groups in total. The number of amides is 4. The van der Waals surface area contributed by atoms with Crippen molar-refractivity contribution in [3.8, 4) is 5.69 Å². The molecule has 11 nitrogen and oxygen atoms in total. The van der Waals surface area contributed by atoms with Crippen LogP contribution >= 0.6 is 22.9 Å². The third-order valence-corrected chi connectivity index (χ3v) is 5.32. The summed E-state index contributed by atoms with van der Waals surface area (Å²) in [4.78, 5) is 36.2. The molecule has 2 aromatic carbocycles. The van der Waals surface area contributed by atoms with Crippen LogP contribution in [0.15, 0.2) is 48.5 Å². The summed E-state index contributed by atoms with van der Waals surface area (Å²) in [5, 5.41) is 20.3. The van der Waals surface area contributed by atoms with Gasteiger partial charge >= 0.3 is 6.03 Å². The molecule has 0 radical (unpaired) electrons. The lowest BCUT2D eigenvalue weighted by Gasteiger charge is -2.18. The van der Waals surface area contributed by atoms with Crippen LogP contribution in [0.3, 0.4) is 0 Å². The number of urea groups is 1. The van der Waals surface area contributed by atoms with Crippen molar-refractivity contribution in [3.63, 3.8) is 0 Å². The van der Waals surface area contributed by atoms with E-state index in [4.69, 9.17) is 27.5 Å². The summed E-state index contributed by atoms with van der Waals surface area (Å²) in [6.07, 6.45) is 0. The maximum absolute atomic E-state index is 12.7. The van der Waals surface area contributed by atoms with Crippen molar-refractivity contribution in [2.24, 2.45) is 5.73 Å². The summed E-state index contributed by atoms with van der Waals surface area (Å²) < 4.78 is 6.31. The van der Waals surface area contributed by atoms with Gasteiger partial charge in [0.2, 0.25) is 15.7 Å². The smallest absolute Gasteiger partial charge is 0.319 e. The Labute approximate surface area is 197 Å². The Bertz CT molecular complexity index is 1210. The molecule has 1 heterocycles. The van der Waals surface area contributed by atoms with Crippen molar-refractivity contribution in [1.29, 1.82) is 5.41 Å². The molecule has 0 fully saturated rings. The molecule has 4 amide bonds. The Balaban J connectivity index is 1.64. The fourth-order valence-electron chi connectivity index (χ4n) is 2.69. The number of rotatable bonds is 8. The van der Waals surface area contributed by atoms with Crippen LogP contribution in [0.2, 0.25) is 5.02 Å². The van der Waals surface area contributed by atoms with E-state index in [9.17, 15) is 14.4 Å². The highest BCUT2D eigenvalue weighted by Gasteiger charge is 2.21. The van der Waals surface area contributed by atoms with Crippen LogP contribution in [0.1, 0.15) is 9.80 Å². The molecule has 13 heteroatoms. The molecular formula is C20H20ClN7O4S. The Morgan fingerprint density at radius 1 is 1.12 bits per heavy atom. The first-order chi connectivity index (χ1) is 15.8. The zero-order valence-electron chi connectivity index (χ0n) is 17.3. The SMILES string of the molecule is COCC(NC(=O)Nc1ccc(Cl)cc1)C(=O)Nc1ccc(-n2nc(C(N)=O)sc2=N)cc1. The van der Waals surface area contributed by atoms with E-state index in [-0.39, 0.29) is 16.4 Å². The quantitative estimate of drug-likeness (QED) is 0.326. The second-order valence-electron chi connectivity index (χ2n) is 6.64. The van der Waals surface area contributed by atoms with Gasteiger partial charge in [0.15, 0.2) is 0 Å². The van der Waals surface area contributed by atoms with Gasteiger partial charge < -0.3 is 26.4 Å². The van der Waals surface area contributed by atoms with Crippen LogP contribution in [0.5, 0.6) is 0 Å².